The first-order chi connectivity index (χ1) is 17.6. The Labute approximate surface area is 222 Å². The maximum Gasteiger partial charge on any atom is 0.410 e. The van der Waals surface area contributed by atoms with Crippen LogP contribution in [0, 0.1) is 0 Å². The molecule has 0 saturated carbocycles. The third-order valence-corrected chi connectivity index (χ3v) is 6.52. The number of likely N-dealkylation sites (tertiary alicyclic amines) is 1. The Morgan fingerprint density at radius 3 is 2.30 bits per heavy atom. The number of carbonyl (C=O) groups excluding carboxylic acids is 2. The van der Waals surface area contributed by atoms with Crippen LogP contribution < -0.4 is 10.1 Å². The van der Waals surface area contributed by atoms with Crippen LogP contribution in [-0.2, 0) is 11.3 Å². The predicted molar refractivity (Wildman–Crippen MR) is 143 cm³/mol. The van der Waals surface area contributed by atoms with Crippen LogP contribution >= 0.6 is 11.6 Å². The van der Waals surface area contributed by atoms with Gasteiger partial charge in [0.1, 0.15) is 11.4 Å². The Hall–Kier alpha value is -3.52. The van der Waals surface area contributed by atoms with Crippen LogP contribution in [0.3, 0.4) is 0 Å². The van der Waals surface area contributed by atoms with Gasteiger partial charge in [-0.3, -0.25) is 4.79 Å². The molecule has 0 aliphatic carbocycles. The van der Waals surface area contributed by atoms with Gasteiger partial charge < -0.3 is 19.7 Å². The van der Waals surface area contributed by atoms with Gasteiger partial charge in [-0.2, -0.15) is 5.10 Å². The average molecular weight is 525 g/mol. The lowest BCUT2D eigenvalue weighted by Gasteiger charge is -2.34. The van der Waals surface area contributed by atoms with E-state index in [9.17, 15) is 9.59 Å². The summed E-state index contributed by atoms with van der Waals surface area (Å²) in [4.78, 5) is 27.6. The zero-order valence-electron chi connectivity index (χ0n) is 21.7. The number of rotatable bonds is 6. The van der Waals surface area contributed by atoms with Crippen molar-refractivity contribution < 1.29 is 19.1 Å². The molecule has 196 valence electrons. The van der Waals surface area contributed by atoms with Gasteiger partial charge in [0.05, 0.1) is 30.3 Å². The van der Waals surface area contributed by atoms with E-state index >= 15 is 0 Å². The first kappa shape index (κ1) is 26.5. The Balaban J connectivity index is 1.55. The SMILES string of the molecule is COc1ccc(CNC(=O)c2cnn(-c3ccc(Cl)cc3)c2C2CCN(C(=O)OC(C)(C)C)CC2)cc1. The molecular formula is C28H33ClN4O4. The van der Waals surface area contributed by atoms with Gasteiger partial charge in [0.2, 0.25) is 0 Å². The van der Waals surface area contributed by atoms with E-state index in [2.05, 4.69) is 10.4 Å². The van der Waals surface area contributed by atoms with Crippen molar-refractivity contribution >= 4 is 23.6 Å². The van der Waals surface area contributed by atoms with E-state index in [1.165, 1.54) is 0 Å². The van der Waals surface area contributed by atoms with Crippen molar-refractivity contribution in [3.63, 3.8) is 0 Å². The second-order valence-corrected chi connectivity index (χ2v) is 10.5. The van der Waals surface area contributed by atoms with Crippen molar-refractivity contribution in [3.05, 3.63) is 76.6 Å². The highest BCUT2D eigenvalue weighted by Crippen LogP contribution is 2.33. The quantitative estimate of drug-likeness (QED) is 0.455. The van der Waals surface area contributed by atoms with Gasteiger partial charge in [-0.15, -0.1) is 0 Å². The van der Waals surface area contributed by atoms with E-state index in [1.54, 1.807) is 30.3 Å². The third kappa shape index (κ3) is 6.63. The molecule has 1 aromatic heterocycles. The largest absolute Gasteiger partial charge is 0.497 e. The van der Waals surface area contributed by atoms with Crippen LogP contribution in [0.25, 0.3) is 5.69 Å². The van der Waals surface area contributed by atoms with Crippen molar-refractivity contribution in [1.82, 2.24) is 20.0 Å². The van der Waals surface area contributed by atoms with Crippen LogP contribution in [0.2, 0.25) is 5.02 Å². The van der Waals surface area contributed by atoms with E-state index in [0.29, 0.717) is 43.1 Å². The minimum atomic E-state index is -0.545. The fourth-order valence-electron chi connectivity index (χ4n) is 4.40. The molecule has 1 aliphatic rings. The number of piperidine rings is 1. The molecule has 9 heteroatoms. The summed E-state index contributed by atoms with van der Waals surface area (Å²) in [7, 11) is 1.62. The maximum absolute atomic E-state index is 13.3. The number of benzene rings is 2. The summed E-state index contributed by atoms with van der Waals surface area (Å²) in [6.07, 6.45) is 2.69. The minimum Gasteiger partial charge on any atom is -0.497 e. The van der Waals surface area contributed by atoms with Gasteiger partial charge in [0.15, 0.2) is 0 Å². The summed E-state index contributed by atoms with van der Waals surface area (Å²) in [5, 5.41) is 8.23. The van der Waals surface area contributed by atoms with Crippen LogP contribution in [-0.4, -0.2) is 52.5 Å². The summed E-state index contributed by atoms with van der Waals surface area (Å²) < 4.78 is 12.6. The number of aromatic nitrogens is 2. The number of halogens is 1. The molecule has 2 heterocycles. The van der Waals surface area contributed by atoms with Crippen molar-refractivity contribution in [2.75, 3.05) is 20.2 Å². The van der Waals surface area contributed by atoms with Crippen LogP contribution in [0.15, 0.2) is 54.7 Å². The molecule has 1 fully saturated rings. The summed E-state index contributed by atoms with van der Waals surface area (Å²) in [5.74, 6) is 0.610. The molecule has 2 aromatic carbocycles. The van der Waals surface area contributed by atoms with Crippen molar-refractivity contribution in [3.8, 4) is 11.4 Å². The number of nitrogens with zero attached hydrogens (tertiary/aromatic N) is 3. The zero-order valence-corrected chi connectivity index (χ0v) is 22.4. The molecule has 0 atom stereocenters. The smallest absolute Gasteiger partial charge is 0.410 e. The second-order valence-electron chi connectivity index (χ2n) is 10.1. The first-order valence-electron chi connectivity index (χ1n) is 12.4. The molecule has 4 rings (SSSR count). The Morgan fingerprint density at radius 2 is 1.70 bits per heavy atom. The van der Waals surface area contributed by atoms with Gasteiger partial charge in [-0.05, 0) is 75.6 Å². The molecule has 0 spiro atoms. The lowest BCUT2D eigenvalue weighted by atomic mass is 9.91. The minimum absolute atomic E-state index is 0.0404. The van der Waals surface area contributed by atoms with Crippen molar-refractivity contribution in [2.24, 2.45) is 0 Å². The molecule has 0 bridgehead atoms. The predicted octanol–water partition coefficient (Wildman–Crippen LogP) is 5.58. The molecule has 0 radical (unpaired) electrons. The van der Waals surface area contributed by atoms with E-state index in [4.69, 9.17) is 21.1 Å². The van der Waals surface area contributed by atoms with E-state index in [0.717, 1.165) is 22.7 Å². The number of amides is 2. The number of hydrogen-bond donors (Lipinski definition) is 1. The van der Waals surface area contributed by atoms with Gasteiger partial charge in [0, 0.05) is 30.6 Å². The monoisotopic (exact) mass is 524 g/mol. The molecule has 3 aromatic rings. The highest BCUT2D eigenvalue weighted by molar-refractivity contribution is 6.30. The summed E-state index contributed by atoms with van der Waals surface area (Å²) in [6, 6.07) is 14.9. The van der Waals surface area contributed by atoms with E-state index < -0.39 is 5.60 Å². The standard InChI is InChI=1S/C28H33ClN4O4/c1-28(2,3)37-27(35)32-15-13-20(14-16-32)25-24(18-31-33(25)22-9-7-21(29)8-10-22)26(34)30-17-19-5-11-23(36-4)12-6-19/h5-12,18,20H,13-17H2,1-4H3,(H,30,34). The Kier molecular flexibility index (Phi) is 8.07. The highest BCUT2D eigenvalue weighted by Gasteiger charge is 2.32. The van der Waals surface area contributed by atoms with Gasteiger partial charge >= 0.3 is 6.09 Å². The molecule has 8 nitrogen and oxygen atoms in total. The maximum atomic E-state index is 13.3. The summed E-state index contributed by atoms with van der Waals surface area (Å²) in [6.45, 7) is 7.04. The van der Waals surface area contributed by atoms with Gasteiger partial charge in [-0.25, -0.2) is 9.48 Å². The fraction of sp³-hybridized carbons (Fsp3) is 0.393. The normalized spacial score (nSPS) is 14.4. The van der Waals surface area contributed by atoms with Crippen LogP contribution in [0.4, 0.5) is 4.79 Å². The number of carbonyl (C=O) groups is 2. The Bertz CT molecular complexity index is 1220. The topological polar surface area (TPSA) is 85.7 Å². The molecule has 1 saturated heterocycles. The highest BCUT2D eigenvalue weighted by atomic mass is 35.5. The molecule has 1 N–H and O–H groups in total. The number of methoxy groups -OCH3 is 1. The molecule has 37 heavy (non-hydrogen) atoms. The van der Waals surface area contributed by atoms with Crippen LogP contribution in [0.5, 0.6) is 5.75 Å². The van der Waals surface area contributed by atoms with Gasteiger partial charge in [0.25, 0.3) is 5.91 Å². The first-order valence-corrected chi connectivity index (χ1v) is 12.8. The lowest BCUT2D eigenvalue weighted by molar-refractivity contribution is 0.0203. The van der Waals surface area contributed by atoms with Crippen LogP contribution in [0.1, 0.15) is 61.1 Å². The van der Waals surface area contributed by atoms with Gasteiger partial charge in [-0.1, -0.05) is 23.7 Å². The second kappa shape index (κ2) is 11.3. The lowest BCUT2D eigenvalue weighted by Crippen LogP contribution is -2.41. The summed E-state index contributed by atoms with van der Waals surface area (Å²) in [5.41, 5.74) is 2.60. The Morgan fingerprint density at radius 1 is 1.05 bits per heavy atom. The van der Waals surface area contributed by atoms with E-state index in [1.807, 2.05) is 61.9 Å². The third-order valence-electron chi connectivity index (χ3n) is 6.27. The zero-order chi connectivity index (χ0) is 26.6. The molecule has 1 aliphatic heterocycles. The van der Waals surface area contributed by atoms with E-state index in [-0.39, 0.29) is 17.9 Å². The number of ether oxygens (including phenoxy) is 2. The molecule has 0 unspecified atom stereocenters. The fourth-order valence-corrected chi connectivity index (χ4v) is 4.52. The summed E-state index contributed by atoms with van der Waals surface area (Å²) >= 11 is 6.10. The molecular weight excluding hydrogens is 492 g/mol. The van der Waals surface area contributed by atoms with Crippen molar-refractivity contribution in [2.45, 2.75) is 51.7 Å². The van der Waals surface area contributed by atoms with Crippen molar-refractivity contribution in [1.29, 1.82) is 0 Å². The average Bonchev–Trinajstić information content (AvgIpc) is 3.32. The number of nitrogens with one attached hydrogen (secondary N) is 1. The molecule has 2 amide bonds. The number of hydrogen-bond acceptors (Lipinski definition) is 5.